The molecule has 0 unspecified atom stereocenters. The van der Waals surface area contributed by atoms with Crippen molar-refractivity contribution < 1.29 is 14.9 Å². The molecule has 8 nitrogen and oxygen atoms in total. The van der Waals surface area contributed by atoms with Crippen molar-refractivity contribution in [1.82, 2.24) is 0 Å². The van der Waals surface area contributed by atoms with Crippen molar-refractivity contribution in [3.05, 3.63) is 33.9 Å². The lowest BCUT2D eigenvalue weighted by molar-refractivity contribution is -0.384. The topological polar surface area (TPSA) is 114 Å². The van der Waals surface area contributed by atoms with E-state index in [1.165, 1.54) is 6.07 Å². The molecule has 0 spiro atoms. The van der Waals surface area contributed by atoms with Crippen LogP contribution in [-0.4, -0.2) is 42.3 Å². The van der Waals surface area contributed by atoms with Crippen LogP contribution in [0.25, 0.3) is 0 Å². The van der Waals surface area contributed by atoms with Gasteiger partial charge in [0.25, 0.3) is 5.69 Å². The van der Waals surface area contributed by atoms with E-state index in [1.54, 1.807) is 12.1 Å². The van der Waals surface area contributed by atoms with Gasteiger partial charge in [0, 0.05) is 24.7 Å². The molecule has 19 heavy (non-hydrogen) atoms. The third-order valence-electron chi connectivity index (χ3n) is 2.93. The molecule has 1 aliphatic heterocycles. The summed E-state index contributed by atoms with van der Waals surface area (Å²) in [6.45, 7) is 2.28. The van der Waals surface area contributed by atoms with Gasteiger partial charge in [0.1, 0.15) is 5.69 Å². The average molecular weight is 266 g/mol. The number of nitro groups is 1. The number of anilines is 1. The van der Waals surface area contributed by atoms with Crippen LogP contribution in [0.4, 0.5) is 11.4 Å². The summed E-state index contributed by atoms with van der Waals surface area (Å²) in [5, 5.41) is 22.6. The zero-order valence-corrected chi connectivity index (χ0v) is 10.2. The van der Waals surface area contributed by atoms with E-state index in [-0.39, 0.29) is 11.5 Å². The largest absolute Gasteiger partial charge is 0.409 e. The zero-order valence-electron chi connectivity index (χ0n) is 10.2. The van der Waals surface area contributed by atoms with Gasteiger partial charge in [0.2, 0.25) is 0 Å². The second kappa shape index (κ2) is 5.53. The molecule has 0 bridgehead atoms. The van der Waals surface area contributed by atoms with E-state index in [4.69, 9.17) is 15.7 Å². The van der Waals surface area contributed by atoms with Crippen molar-refractivity contribution in [3.8, 4) is 0 Å². The lowest BCUT2D eigenvalue weighted by atomic mass is 10.1. The fourth-order valence-corrected chi connectivity index (χ4v) is 1.96. The minimum absolute atomic E-state index is 0.0639. The second-order valence-corrected chi connectivity index (χ2v) is 4.05. The van der Waals surface area contributed by atoms with Gasteiger partial charge in [-0.15, -0.1) is 0 Å². The molecule has 0 aromatic heterocycles. The van der Waals surface area contributed by atoms with Crippen LogP contribution in [0.3, 0.4) is 0 Å². The fraction of sp³-hybridized carbons (Fsp3) is 0.364. The predicted molar refractivity (Wildman–Crippen MR) is 68.6 cm³/mol. The van der Waals surface area contributed by atoms with E-state index in [9.17, 15) is 10.1 Å². The lowest BCUT2D eigenvalue weighted by Gasteiger charge is -2.28. The Morgan fingerprint density at radius 2 is 2.16 bits per heavy atom. The van der Waals surface area contributed by atoms with Crippen molar-refractivity contribution in [3.63, 3.8) is 0 Å². The molecule has 1 aliphatic rings. The number of nitrogens with two attached hydrogens (primary N) is 1. The van der Waals surface area contributed by atoms with Crippen LogP contribution in [0, 0.1) is 10.1 Å². The van der Waals surface area contributed by atoms with Gasteiger partial charge in [-0.05, 0) is 12.1 Å². The summed E-state index contributed by atoms with van der Waals surface area (Å²) in [4.78, 5) is 12.5. The fourth-order valence-electron chi connectivity index (χ4n) is 1.96. The van der Waals surface area contributed by atoms with Gasteiger partial charge in [0.15, 0.2) is 5.84 Å². The highest BCUT2D eigenvalue weighted by Gasteiger charge is 2.22. The summed E-state index contributed by atoms with van der Waals surface area (Å²) in [5.74, 6) is -0.156. The Bertz CT molecular complexity index is 511. The lowest BCUT2D eigenvalue weighted by Crippen LogP contribution is -2.36. The van der Waals surface area contributed by atoms with Crippen molar-refractivity contribution in [2.24, 2.45) is 10.9 Å². The quantitative estimate of drug-likeness (QED) is 0.271. The van der Waals surface area contributed by atoms with Crippen LogP contribution in [0.1, 0.15) is 5.56 Å². The molecule has 2 rings (SSSR count). The van der Waals surface area contributed by atoms with Gasteiger partial charge in [-0.3, -0.25) is 10.1 Å². The first-order valence-corrected chi connectivity index (χ1v) is 5.72. The normalized spacial score (nSPS) is 16.4. The molecule has 1 heterocycles. The second-order valence-electron chi connectivity index (χ2n) is 4.05. The third-order valence-corrected chi connectivity index (χ3v) is 2.93. The van der Waals surface area contributed by atoms with Crippen LogP contribution < -0.4 is 10.6 Å². The van der Waals surface area contributed by atoms with Gasteiger partial charge in [-0.1, -0.05) is 5.16 Å². The zero-order chi connectivity index (χ0) is 13.8. The van der Waals surface area contributed by atoms with E-state index in [0.29, 0.717) is 37.6 Å². The first-order chi connectivity index (χ1) is 9.13. The van der Waals surface area contributed by atoms with Crippen LogP contribution >= 0.6 is 0 Å². The highest BCUT2D eigenvalue weighted by Crippen LogP contribution is 2.29. The molecule has 1 saturated heterocycles. The molecular formula is C11H14N4O4. The summed E-state index contributed by atoms with van der Waals surface area (Å²) >= 11 is 0. The number of nitrogens with zero attached hydrogens (tertiary/aromatic N) is 3. The molecule has 102 valence electrons. The van der Waals surface area contributed by atoms with E-state index in [2.05, 4.69) is 5.16 Å². The number of rotatable bonds is 3. The summed E-state index contributed by atoms with van der Waals surface area (Å²) in [5.41, 5.74) is 6.20. The van der Waals surface area contributed by atoms with Gasteiger partial charge in [-0.2, -0.15) is 0 Å². The SMILES string of the molecule is NC(=NO)c1ccc(N2CCOCC2)c([N+](=O)[O-])c1. The number of amidine groups is 1. The average Bonchev–Trinajstić information content (AvgIpc) is 2.46. The highest BCUT2D eigenvalue weighted by atomic mass is 16.6. The Kier molecular flexibility index (Phi) is 3.81. The van der Waals surface area contributed by atoms with Gasteiger partial charge >= 0.3 is 0 Å². The van der Waals surface area contributed by atoms with Crippen molar-refractivity contribution >= 4 is 17.2 Å². The van der Waals surface area contributed by atoms with Gasteiger partial charge in [0.05, 0.1) is 18.1 Å². The molecule has 8 heteroatoms. The van der Waals surface area contributed by atoms with E-state index >= 15 is 0 Å². The summed E-state index contributed by atoms with van der Waals surface area (Å²) in [6, 6.07) is 4.50. The van der Waals surface area contributed by atoms with Crippen molar-refractivity contribution in [2.75, 3.05) is 31.2 Å². The smallest absolute Gasteiger partial charge is 0.293 e. The molecule has 1 aromatic rings. The Balaban J connectivity index is 2.40. The minimum Gasteiger partial charge on any atom is -0.409 e. The van der Waals surface area contributed by atoms with Crippen molar-refractivity contribution in [1.29, 1.82) is 0 Å². The molecule has 3 N–H and O–H groups in total. The Labute approximate surface area is 109 Å². The molecule has 1 fully saturated rings. The number of oxime groups is 1. The van der Waals surface area contributed by atoms with Gasteiger partial charge < -0.3 is 20.6 Å². The third kappa shape index (κ3) is 2.74. The number of benzene rings is 1. The number of morpholine rings is 1. The standard InChI is InChI=1S/C11H14N4O4/c12-11(13-16)8-1-2-9(10(7-8)15(17)18)14-3-5-19-6-4-14/h1-2,7,16H,3-6H2,(H2,12,13). The monoisotopic (exact) mass is 266 g/mol. The Morgan fingerprint density at radius 1 is 1.47 bits per heavy atom. The minimum atomic E-state index is -0.473. The molecule has 1 aromatic carbocycles. The maximum atomic E-state index is 11.1. The molecular weight excluding hydrogens is 252 g/mol. The summed E-state index contributed by atoms with van der Waals surface area (Å²) < 4.78 is 5.22. The van der Waals surface area contributed by atoms with Crippen LogP contribution in [-0.2, 0) is 4.74 Å². The Morgan fingerprint density at radius 3 is 2.74 bits per heavy atom. The van der Waals surface area contributed by atoms with Crippen LogP contribution in [0.2, 0.25) is 0 Å². The highest BCUT2D eigenvalue weighted by molar-refractivity contribution is 5.98. The van der Waals surface area contributed by atoms with Crippen LogP contribution in [0.15, 0.2) is 23.4 Å². The van der Waals surface area contributed by atoms with E-state index in [0.717, 1.165) is 0 Å². The van der Waals surface area contributed by atoms with Crippen LogP contribution in [0.5, 0.6) is 0 Å². The molecule has 0 amide bonds. The van der Waals surface area contributed by atoms with E-state index in [1.807, 2.05) is 4.90 Å². The number of hydrogen-bond donors (Lipinski definition) is 2. The number of nitro benzene ring substituents is 1. The maximum absolute atomic E-state index is 11.1. The molecule has 0 saturated carbocycles. The first-order valence-electron chi connectivity index (χ1n) is 5.72. The molecule has 0 aliphatic carbocycles. The van der Waals surface area contributed by atoms with E-state index < -0.39 is 4.92 Å². The van der Waals surface area contributed by atoms with Gasteiger partial charge in [-0.25, -0.2) is 0 Å². The summed E-state index contributed by atoms with van der Waals surface area (Å²) in [6.07, 6.45) is 0. The first kappa shape index (κ1) is 13.1. The molecule has 0 radical (unpaired) electrons. The predicted octanol–water partition coefficient (Wildman–Crippen LogP) is 0.526. The number of hydrogen-bond acceptors (Lipinski definition) is 6. The maximum Gasteiger partial charge on any atom is 0.293 e. The number of ether oxygens (including phenoxy) is 1. The molecule has 0 atom stereocenters. The van der Waals surface area contributed by atoms with Crippen molar-refractivity contribution in [2.45, 2.75) is 0 Å². The Hall–Kier alpha value is -2.35. The summed E-state index contributed by atoms with van der Waals surface area (Å²) in [7, 11) is 0.